The van der Waals surface area contributed by atoms with E-state index < -0.39 is 17.1 Å². The number of imide groups is 1. The van der Waals surface area contributed by atoms with Crippen molar-refractivity contribution in [3.05, 3.63) is 81.5 Å². The molecule has 1 aromatic heterocycles. The molecule has 0 atom stereocenters. The highest BCUT2D eigenvalue weighted by Crippen LogP contribution is 2.34. The number of carbonyl (C=O) groups excluding carboxylic acids is 3. The number of amides is 3. The van der Waals surface area contributed by atoms with Gasteiger partial charge in [-0.3, -0.25) is 19.3 Å². The minimum absolute atomic E-state index is 0.290. The van der Waals surface area contributed by atoms with Gasteiger partial charge in [-0.25, -0.2) is 0 Å². The maximum Gasteiger partial charge on any atom is 0.294 e. The summed E-state index contributed by atoms with van der Waals surface area (Å²) in [7, 11) is 0. The Balaban J connectivity index is 1.51. The number of anilines is 1. The van der Waals surface area contributed by atoms with E-state index in [1.54, 1.807) is 23.9 Å². The fourth-order valence-corrected chi connectivity index (χ4v) is 5.16. The molecule has 1 aliphatic heterocycles. The van der Waals surface area contributed by atoms with Gasteiger partial charge in [-0.2, -0.15) is 0 Å². The van der Waals surface area contributed by atoms with Crippen molar-refractivity contribution in [2.45, 2.75) is 18.7 Å². The third-order valence-corrected chi connectivity index (χ3v) is 7.26. The molecule has 6 nitrogen and oxygen atoms in total. The van der Waals surface area contributed by atoms with E-state index in [0.29, 0.717) is 15.6 Å². The topological polar surface area (TPSA) is 71.4 Å². The van der Waals surface area contributed by atoms with E-state index in [1.165, 1.54) is 0 Å². The molecule has 0 spiro atoms. The van der Waals surface area contributed by atoms with Crippen LogP contribution >= 0.6 is 35.1 Å². The SMILES string of the molecule is CSc1cccc(NC(=O)CN2C(=O)S/C(=C/c3cc(C)n(-c4ccc(Cl)cc4)c3C)C2=O)c1. The summed E-state index contributed by atoms with van der Waals surface area (Å²) in [6.07, 6.45) is 3.65. The summed E-state index contributed by atoms with van der Waals surface area (Å²) in [4.78, 5) is 40.2. The van der Waals surface area contributed by atoms with Crippen LogP contribution in [0.25, 0.3) is 11.8 Å². The molecule has 0 aliphatic carbocycles. The predicted octanol–water partition coefficient (Wildman–Crippen LogP) is 6.14. The standard InChI is InChI=1S/C25H22ClN3O3S2/c1-15-11-17(16(2)29(15)20-9-7-18(26)8-10-20)12-22-24(31)28(25(32)34-22)14-23(30)27-19-5-4-6-21(13-19)33-3/h4-13H,14H2,1-3H3,(H,27,30)/b22-12+. The highest BCUT2D eigenvalue weighted by atomic mass is 35.5. The molecule has 2 heterocycles. The van der Waals surface area contributed by atoms with E-state index in [1.807, 2.05) is 68.6 Å². The van der Waals surface area contributed by atoms with Gasteiger partial charge in [0.15, 0.2) is 0 Å². The second-order valence-electron chi connectivity index (χ2n) is 7.69. The molecule has 1 aliphatic rings. The summed E-state index contributed by atoms with van der Waals surface area (Å²) in [6.45, 7) is 3.59. The number of hydrogen-bond donors (Lipinski definition) is 1. The Hall–Kier alpha value is -2.94. The highest BCUT2D eigenvalue weighted by Gasteiger charge is 2.36. The first-order valence-corrected chi connectivity index (χ1v) is 12.8. The van der Waals surface area contributed by atoms with Crippen LogP contribution in [0.15, 0.2) is 64.4 Å². The first-order valence-electron chi connectivity index (χ1n) is 10.4. The molecule has 4 rings (SSSR count). The van der Waals surface area contributed by atoms with Gasteiger partial charge < -0.3 is 9.88 Å². The van der Waals surface area contributed by atoms with E-state index in [4.69, 9.17) is 11.6 Å². The molecule has 1 fully saturated rings. The van der Waals surface area contributed by atoms with Gasteiger partial charge in [-0.1, -0.05) is 17.7 Å². The Kier molecular flexibility index (Phi) is 7.21. The van der Waals surface area contributed by atoms with Gasteiger partial charge >= 0.3 is 0 Å². The number of aryl methyl sites for hydroxylation is 1. The van der Waals surface area contributed by atoms with E-state index in [2.05, 4.69) is 9.88 Å². The molecule has 2 aromatic carbocycles. The largest absolute Gasteiger partial charge is 0.324 e. The predicted molar refractivity (Wildman–Crippen MR) is 140 cm³/mol. The number of carbonyl (C=O) groups is 3. The molecule has 0 unspecified atom stereocenters. The molecule has 0 bridgehead atoms. The first-order chi connectivity index (χ1) is 16.3. The van der Waals surface area contributed by atoms with Crippen molar-refractivity contribution in [2.24, 2.45) is 0 Å². The number of aromatic nitrogens is 1. The zero-order chi connectivity index (χ0) is 24.4. The minimum Gasteiger partial charge on any atom is -0.324 e. The Labute approximate surface area is 211 Å². The van der Waals surface area contributed by atoms with Crippen LogP contribution in [0.2, 0.25) is 5.02 Å². The van der Waals surface area contributed by atoms with Gasteiger partial charge in [0.1, 0.15) is 6.54 Å². The molecule has 174 valence electrons. The zero-order valence-corrected chi connectivity index (χ0v) is 21.2. The lowest BCUT2D eigenvalue weighted by Crippen LogP contribution is -2.36. The number of nitrogens with one attached hydrogen (secondary N) is 1. The molecular formula is C25H22ClN3O3S2. The summed E-state index contributed by atoms with van der Waals surface area (Å²) < 4.78 is 2.06. The minimum atomic E-state index is -0.473. The van der Waals surface area contributed by atoms with E-state index in [-0.39, 0.29) is 6.54 Å². The van der Waals surface area contributed by atoms with Crippen LogP contribution < -0.4 is 5.32 Å². The van der Waals surface area contributed by atoms with Crippen LogP contribution in [0.1, 0.15) is 17.0 Å². The molecule has 9 heteroatoms. The summed E-state index contributed by atoms with van der Waals surface area (Å²) in [6, 6.07) is 16.8. The molecule has 0 radical (unpaired) electrons. The maximum absolute atomic E-state index is 12.9. The lowest BCUT2D eigenvalue weighted by atomic mass is 10.2. The zero-order valence-electron chi connectivity index (χ0n) is 18.8. The van der Waals surface area contributed by atoms with E-state index in [9.17, 15) is 14.4 Å². The van der Waals surface area contributed by atoms with Crippen molar-refractivity contribution in [3.63, 3.8) is 0 Å². The molecule has 1 N–H and O–H groups in total. The number of hydrogen-bond acceptors (Lipinski definition) is 5. The lowest BCUT2D eigenvalue weighted by molar-refractivity contribution is -0.127. The van der Waals surface area contributed by atoms with Crippen molar-refractivity contribution in [2.75, 3.05) is 18.1 Å². The molecule has 1 saturated heterocycles. The van der Waals surface area contributed by atoms with Crippen LogP contribution in [0.3, 0.4) is 0 Å². The maximum atomic E-state index is 12.9. The summed E-state index contributed by atoms with van der Waals surface area (Å²) in [5.74, 6) is -0.901. The quantitative estimate of drug-likeness (QED) is 0.317. The molecule has 3 amide bonds. The smallest absolute Gasteiger partial charge is 0.294 e. The van der Waals surface area contributed by atoms with Crippen molar-refractivity contribution < 1.29 is 14.4 Å². The van der Waals surface area contributed by atoms with Crippen LogP contribution in [0.5, 0.6) is 0 Å². The van der Waals surface area contributed by atoms with Crippen LogP contribution in [0, 0.1) is 13.8 Å². The second-order valence-corrected chi connectivity index (χ2v) is 10.00. The number of rotatable bonds is 6. The normalized spacial score (nSPS) is 14.8. The summed E-state index contributed by atoms with van der Waals surface area (Å²) in [5.41, 5.74) is 4.31. The third-order valence-electron chi connectivity index (χ3n) is 5.37. The highest BCUT2D eigenvalue weighted by molar-refractivity contribution is 8.18. The molecular weight excluding hydrogens is 490 g/mol. The van der Waals surface area contributed by atoms with Crippen molar-refractivity contribution >= 4 is 63.9 Å². The van der Waals surface area contributed by atoms with Crippen LogP contribution in [-0.2, 0) is 9.59 Å². The second kappa shape index (κ2) is 10.1. The number of thioether (sulfide) groups is 2. The summed E-state index contributed by atoms with van der Waals surface area (Å²) in [5, 5.41) is 2.94. The summed E-state index contributed by atoms with van der Waals surface area (Å²) >= 11 is 8.41. The van der Waals surface area contributed by atoms with Crippen LogP contribution in [-0.4, -0.2) is 39.3 Å². The average molecular weight is 512 g/mol. The van der Waals surface area contributed by atoms with E-state index in [0.717, 1.165) is 44.2 Å². The molecule has 0 saturated carbocycles. The number of halogens is 1. The van der Waals surface area contributed by atoms with Gasteiger partial charge in [0, 0.05) is 32.7 Å². The van der Waals surface area contributed by atoms with Crippen molar-refractivity contribution in [3.8, 4) is 5.69 Å². The lowest BCUT2D eigenvalue weighted by Gasteiger charge is -2.12. The Bertz CT molecular complexity index is 1320. The van der Waals surface area contributed by atoms with Crippen molar-refractivity contribution in [1.82, 2.24) is 9.47 Å². The molecule has 3 aromatic rings. The average Bonchev–Trinajstić information content (AvgIpc) is 3.23. The first kappa shape index (κ1) is 24.2. The van der Waals surface area contributed by atoms with E-state index >= 15 is 0 Å². The van der Waals surface area contributed by atoms with Gasteiger partial charge in [-0.15, -0.1) is 11.8 Å². The molecule has 34 heavy (non-hydrogen) atoms. The van der Waals surface area contributed by atoms with Gasteiger partial charge in [0.25, 0.3) is 11.1 Å². The fourth-order valence-electron chi connectivity index (χ4n) is 3.74. The van der Waals surface area contributed by atoms with Gasteiger partial charge in [0.05, 0.1) is 4.91 Å². The fraction of sp³-hybridized carbons (Fsp3) is 0.160. The van der Waals surface area contributed by atoms with Crippen molar-refractivity contribution in [1.29, 1.82) is 0 Å². The Morgan fingerprint density at radius 3 is 2.56 bits per heavy atom. The Morgan fingerprint density at radius 2 is 1.85 bits per heavy atom. The third kappa shape index (κ3) is 5.09. The monoisotopic (exact) mass is 511 g/mol. The van der Waals surface area contributed by atoms with Crippen LogP contribution in [0.4, 0.5) is 10.5 Å². The number of benzene rings is 2. The van der Waals surface area contributed by atoms with Gasteiger partial charge in [0.2, 0.25) is 5.91 Å². The number of nitrogens with zero attached hydrogens (tertiary/aromatic N) is 2. The van der Waals surface area contributed by atoms with Gasteiger partial charge in [-0.05, 0) is 92.0 Å². The Morgan fingerprint density at radius 1 is 1.12 bits per heavy atom.